The van der Waals surface area contributed by atoms with Crippen molar-refractivity contribution in [2.24, 2.45) is 5.92 Å². The molecule has 1 fully saturated rings. The molecule has 1 aliphatic rings. The molecule has 0 saturated heterocycles. The van der Waals surface area contributed by atoms with E-state index >= 15 is 0 Å². The fourth-order valence-electron chi connectivity index (χ4n) is 2.18. The lowest BCUT2D eigenvalue weighted by Gasteiger charge is -1.98. The fraction of sp³-hybridized carbons (Fsp3) is 0.250. The van der Waals surface area contributed by atoms with Crippen LogP contribution >= 0.6 is 0 Å². The maximum atomic E-state index is 11.5. The van der Waals surface area contributed by atoms with Crippen molar-refractivity contribution in [1.82, 2.24) is 5.16 Å². The molecule has 1 aliphatic carbocycles. The molecule has 5 heteroatoms. The first-order valence-electron chi connectivity index (χ1n) is 6.91. The third-order valence-corrected chi connectivity index (χ3v) is 3.50. The van der Waals surface area contributed by atoms with Crippen molar-refractivity contribution in [3.05, 3.63) is 42.1 Å². The highest BCUT2D eigenvalue weighted by atomic mass is 16.5. The summed E-state index contributed by atoms with van der Waals surface area (Å²) in [5.41, 5.74) is 1.38. The molecule has 4 rings (SSSR count). The number of carbonyl (C=O) groups excluding carboxylic acids is 1. The highest BCUT2D eigenvalue weighted by Gasteiger charge is 2.31. The van der Waals surface area contributed by atoms with Crippen LogP contribution in [0.4, 0.5) is 0 Å². The quantitative estimate of drug-likeness (QED) is 0.685. The number of rotatable bonds is 4. The Bertz CT molecular complexity index is 764. The number of para-hydroxylation sites is 1. The third kappa shape index (κ3) is 2.42. The van der Waals surface area contributed by atoms with Crippen molar-refractivity contribution in [3.8, 4) is 11.5 Å². The van der Waals surface area contributed by atoms with Crippen LogP contribution in [0.1, 0.15) is 18.5 Å². The topological polar surface area (TPSA) is 65.5 Å². The summed E-state index contributed by atoms with van der Waals surface area (Å²) in [5, 5.41) is 4.91. The molecule has 1 saturated carbocycles. The summed E-state index contributed by atoms with van der Waals surface area (Å²) < 4.78 is 16.1. The first kappa shape index (κ1) is 12.2. The number of nitrogens with zero attached hydrogens (tertiary/aromatic N) is 1. The van der Waals surface area contributed by atoms with E-state index in [4.69, 9.17) is 13.7 Å². The zero-order chi connectivity index (χ0) is 14.2. The van der Waals surface area contributed by atoms with E-state index in [1.807, 2.05) is 30.3 Å². The molecule has 0 amide bonds. The number of carbonyl (C=O) groups is 1. The maximum Gasteiger partial charge on any atom is 0.309 e. The number of esters is 1. The molecule has 5 nitrogen and oxygen atoms in total. The molecule has 0 spiro atoms. The van der Waals surface area contributed by atoms with Gasteiger partial charge in [0, 0.05) is 11.5 Å². The lowest BCUT2D eigenvalue weighted by molar-refractivity contribution is -0.146. The Balaban J connectivity index is 1.51. The van der Waals surface area contributed by atoms with Gasteiger partial charge in [-0.3, -0.25) is 4.79 Å². The van der Waals surface area contributed by atoms with Crippen molar-refractivity contribution in [2.75, 3.05) is 0 Å². The Morgan fingerprint density at radius 1 is 1.24 bits per heavy atom. The van der Waals surface area contributed by atoms with Gasteiger partial charge in [-0.15, -0.1) is 0 Å². The smallest absolute Gasteiger partial charge is 0.309 e. The second-order valence-electron chi connectivity index (χ2n) is 5.21. The minimum atomic E-state index is -0.150. The van der Waals surface area contributed by atoms with E-state index in [0.29, 0.717) is 17.2 Å². The van der Waals surface area contributed by atoms with Crippen LogP contribution in [0.5, 0.6) is 0 Å². The highest BCUT2D eigenvalue weighted by Crippen LogP contribution is 2.31. The predicted octanol–water partition coefficient (Wildman–Crippen LogP) is 3.54. The summed E-state index contributed by atoms with van der Waals surface area (Å²) in [6.45, 7) is 0.138. The van der Waals surface area contributed by atoms with Crippen molar-refractivity contribution in [1.29, 1.82) is 0 Å². The van der Waals surface area contributed by atoms with Crippen LogP contribution in [0.2, 0.25) is 0 Å². The molecule has 0 unspecified atom stereocenters. The minimum Gasteiger partial charge on any atom is -0.459 e. The van der Waals surface area contributed by atoms with Crippen molar-refractivity contribution in [3.63, 3.8) is 0 Å². The lowest BCUT2D eigenvalue weighted by atomic mass is 10.2. The number of fused-ring (bicyclic) bond motifs is 1. The number of hydrogen-bond acceptors (Lipinski definition) is 5. The van der Waals surface area contributed by atoms with Crippen LogP contribution in [0, 0.1) is 5.92 Å². The first-order chi connectivity index (χ1) is 10.3. The molecular formula is C16H13NO4. The molecule has 106 valence electrons. The number of hydrogen-bond donors (Lipinski definition) is 0. The standard InChI is InChI=1S/C16H13NO4/c18-16(10-5-6-10)19-9-12-8-15(21-17-12)14-7-11-3-1-2-4-13(11)20-14/h1-4,7-8,10H,5-6,9H2. The van der Waals surface area contributed by atoms with Crippen LogP contribution in [0.25, 0.3) is 22.5 Å². The Kier molecular flexibility index (Phi) is 2.77. The van der Waals surface area contributed by atoms with Crippen LogP contribution in [0.3, 0.4) is 0 Å². The van der Waals surface area contributed by atoms with E-state index < -0.39 is 0 Å². The minimum absolute atomic E-state index is 0.0896. The zero-order valence-electron chi connectivity index (χ0n) is 11.2. The molecule has 0 radical (unpaired) electrons. The van der Waals surface area contributed by atoms with Gasteiger partial charge < -0.3 is 13.7 Å². The molecule has 3 aromatic rings. The first-order valence-corrected chi connectivity index (χ1v) is 6.91. The zero-order valence-corrected chi connectivity index (χ0v) is 11.2. The Morgan fingerprint density at radius 3 is 2.90 bits per heavy atom. The fourth-order valence-corrected chi connectivity index (χ4v) is 2.18. The van der Waals surface area contributed by atoms with E-state index in [-0.39, 0.29) is 18.5 Å². The molecule has 1 aromatic carbocycles. The van der Waals surface area contributed by atoms with Gasteiger partial charge in [-0.2, -0.15) is 0 Å². The summed E-state index contributed by atoms with van der Waals surface area (Å²) >= 11 is 0. The average molecular weight is 283 g/mol. The summed E-state index contributed by atoms with van der Waals surface area (Å²) in [6.07, 6.45) is 1.86. The molecular weight excluding hydrogens is 270 g/mol. The van der Waals surface area contributed by atoms with E-state index in [1.165, 1.54) is 0 Å². The van der Waals surface area contributed by atoms with Crippen molar-refractivity contribution in [2.45, 2.75) is 19.4 Å². The molecule has 2 aromatic heterocycles. The van der Waals surface area contributed by atoms with Crippen LogP contribution in [0.15, 0.2) is 45.3 Å². The molecule has 0 aliphatic heterocycles. The number of aromatic nitrogens is 1. The summed E-state index contributed by atoms with van der Waals surface area (Å²) in [6, 6.07) is 11.4. The van der Waals surface area contributed by atoms with Gasteiger partial charge in [0.1, 0.15) is 17.9 Å². The number of benzene rings is 1. The van der Waals surface area contributed by atoms with E-state index in [1.54, 1.807) is 6.07 Å². The van der Waals surface area contributed by atoms with Gasteiger partial charge in [0.2, 0.25) is 5.76 Å². The highest BCUT2D eigenvalue weighted by molar-refractivity contribution is 5.81. The Labute approximate surface area is 120 Å². The van der Waals surface area contributed by atoms with Gasteiger partial charge in [-0.1, -0.05) is 23.4 Å². The van der Waals surface area contributed by atoms with Gasteiger partial charge in [-0.25, -0.2) is 0 Å². The Morgan fingerprint density at radius 2 is 2.10 bits per heavy atom. The van der Waals surface area contributed by atoms with Crippen molar-refractivity contribution >= 4 is 16.9 Å². The van der Waals surface area contributed by atoms with Crippen LogP contribution in [-0.4, -0.2) is 11.1 Å². The molecule has 0 bridgehead atoms. The van der Waals surface area contributed by atoms with Crippen LogP contribution in [-0.2, 0) is 16.1 Å². The maximum absolute atomic E-state index is 11.5. The molecule has 21 heavy (non-hydrogen) atoms. The normalized spacial score (nSPS) is 14.5. The number of ether oxygens (including phenoxy) is 1. The lowest BCUT2D eigenvalue weighted by Crippen LogP contribution is -2.06. The van der Waals surface area contributed by atoms with Gasteiger partial charge >= 0.3 is 5.97 Å². The molecule has 0 atom stereocenters. The summed E-state index contributed by atoms with van der Waals surface area (Å²) in [4.78, 5) is 11.5. The van der Waals surface area contributed by atoms with Crippen molar-refractivity contribution < 1.29 is 18.5 Å². The van der Waals surface area contributed by atoms with Gasteiger partial charge in [0.15, 0.2) is 5.76 Å². The van der Waals surface area contributed by atoms with Gasteiger partial charge in [0.05, 0.1) is 5.92 Å². The average Bonchev–Trinajstić information content (AvgIpc) is 3.10. The molecule has 2 heterocycles. The summed E-state index contributed by atoms with van der Waals surface area (Å²) in [5.74, 6) is 1.09. The third-order valence-electron chi connectivity index (χ3n) is 3.50. The monoisotopic (exact) mass is 283 g/mol. The summed E-state index contributed by atoms with van der Waals surface area (Å²) in [7, 11) is 0. The van der Waals surface area contributed by atoms with E-state index in [0.717, 1.165) is 23.8 Å². The SMILES string of the molecule is O=C(OCc1cc(-c2cc3ccccc3o2)on1)C1CC1. The molecule has 0 N–H and O–H groups in total. The second kappa shape index (κ2) is 4.77. The second-order valence-corrected chi connectivity index (χ2v) is 5.21. The largest absolute Gasteiger partial charge is 0.459 e. The van der Waals surface area contributed by atoms with E-state index in [9.17, 15) is 4.79 Å². The predicted molar refractivity (Wildman–Crippen MR) is 74.2 cm³/mol. The van der Waals surface area contributed by atoms with Crippen LogP contribution < -0.4 is 0 Å². The van der Waals surface area contributed by atoms with Gasteiger partial charge in [0.25, 0.3) is 0 Å². The number of furan rings is 1. The van der Waals surface area contributed by atoms with E-state index in [2.05, 4.69) is 5.16 Å². The Hall–Kier alpha value is -2.56. The van der Waals surface area contributed by atoms with Gasteiger partial charge in [-0.05, 0) is 25.0 Å².